The second kappa shape index (κ2) is 8.82. The molecule has 5 nitrogen and oxygen atoms in total. The number of nitrogens with one attached hydrogen (secondary N) is 2. The molecule has 0 aliphatic carbocycles. The van der Waals surface area contributed by atoms with Crippen LogP contribution in [0.2, 0.25) is 0 Å². The van der Waals surface area contributed by atoms with Gasteiger partial charge in [-0.15, -0.1) is 0 Å². The van der Waals surface area contributed by atoms with Gasteiger partial charge in [-0.3, -0.25) is 9.59 Å². The standard InChI is InChI=1S/C25H25N3O2/c1-18(26-20-11-7-12-21(17-20)28-16-8-15-24(28)29)25(30)27-23-14-6-5-13-22(23)19-9-3-2-4-10-19/h2-7,9-14,17-18,26H,8,15-16H2,1H3,(H,27,30). The smallest absolute Gasteiger partial charge is 0.246 e. The Morgan fingerprint density at radius 1 is 0.967 bits per heavy atom. The van der Waals surface area contributed by atoms with Crippen LogP contribution in [0.1, 0.15) is 19.8 Å². The second-order valence-electron chi connectivity index (χ2n) is 7.47. The number of carbonyl (C=O) groups is 2. The van der Waals surface area contributed by atoms with Gasteiger partial charge in [0.05, 0.1) is 0 Å². The topological polar surface area (TPSA) is 61.4 Å². The molecule has 4 rings (SSSR count). The molecule has 3 aromatic carbocycles. The van der Waals surface area contributed by atoms with E-state index >= 15 is 0 Å². The monoisotopic (exact) mass is 399 g/mol. The van der Waals surface area contributed by atoms with Gasteiger partial charge in [0.2, 0.25) is 11.8 Å². The van der Waals surface area contributed by atoms with Crippen LogP contribution < -0.4 is 15.5 Å². The molecule has 1 heterocycles. The number of hydrogen-bond donors (Lipinski definition) is 2. The molecule has 0 saturated carbocycles. The molecule has 3 aromatic rings. The first kappa shape index (κ1) is 19.7. The van der Waals surface area contributed by atoms with Crippen LogP contribution in [0.15, 0.2) is 78.9 Å². The van der Waals surface area contributed by atoms with Gasteiger partial charge in [0, 0.05) is 35.6 Å². The van der Waals surface area contributed by atoms with Crippen LogP contribution in [-0.4, -0.2) is 24.4 Å². The molecule has 1 fully saturated rings. The summed E-state index contributed by atoms with van der Waals surface area (Å²) < 4.78 is 0. The Morgan fingerprint density at radius 3 is 2.50 bits per heavy atom. The molecule has 30 heavy (non-hydrogen) atoms. The second-order valence-corrected chi connectivity index (χ2v) is 7.47. The summed E-state index contributed by atoms with van der Waals surface area (Å²) in [5.41, 5.74) is 4.49. The van der Waals surface area contributed by atoms with E-state index in [1.807, 2.05) is 85.8 Å². The highest BCUT2D eigenvalue weighted by Crippen LogP contribution is 2.28. The van der Waals surface area contributed by atoms with Crippen molar-refractivity contribution in [1.82, 2.24) is 0 Å². The van der Waals surface area contributed by atoms with Crippen LogP contribution in [0.5, 0.6) is 0 Å². The van der Waals surface area contributed by atoms with Gasteiger partial charge in [0.25, 0.3) is 0 Å². The third-order valence-corrected chi connectivity index (χ3v) is 5.28. The van der Waals surface area contributed by atoms with Gasteiger partial charge in [-0.25, -0.2) is 0 Å². The molecule has 2 amide bonds. The van der Waals surface area contributed by atoms with Crippen LogP contribution in [0.25, 0.3) is 11.1 Å². The lowest BCUT2D eigenvalue weighted by atomic mass is 10.0. The predicted molar refractivity (Wildman–Crippen MR) is 122 cm³/mol. The Bertz CT molecular complexity index is 1050. The minimum absolute atomic E-state index is 0.124. The molecular weight excluding hydrogens is 374 g/mol. The highest BCUT2D eigenvalue weighted by molar-refractivity contribution is 6.00. The maximum absolute atomic E-state index is 12.9. The number of carbonyl (C=O) groups excluding carboxylic acids is 2. The molecule has 5 heteroatoms. The fourth-order valence-electron chi connectivity index (χ4n) is 3.70. The van der Waals surface area contributed by atoms with Crippen LogP contribution in [0.4, 0.5) is 17.1 Å². The maximum Gasteiger partial charge on any atom is 0.246 e. The van der Waals surface area contributed by atoms with Crippen molar-refractivity contribution in [2.45, 2.75) is 25.8 Å². The minimum atomic E-state index is -0.446. The summed E-state index contributed by atoms with van der Waals surface area (Å²) in [7, 11) is 0. The lowest BCUT2D eigenvalue weighted by Crippen LogP contribution is -2.32. The third kappa shape index (κ3) is 4.35. The summed E-state index contributed by atoms with van der Waals surface area (Å²) in [5.74, 6) is 0.0245. The van der Waals surface area contributed by atoms with Crippen LogP contribution in [0.3, 0.4) is 0 Å². The summed E-state index contributed by atoms with van der Waals surface area (Å²) in [4.78, 5) is 26.7. The molecule has 1 unspecified atom stereocenters. The summed E-state index contributed by atoms with van der Waals surface area (Å²) >= 11 is 0. The van der Waals surface area contributed by atoms with Crippen LogP contribution in [-0.2, 0) is 9.59 Å². The average Bonchev–Trinajstić information content (AvgIpc) is 3.21. The van der Waals surface area contributed by atoms with Crippen molar-refractivity contribution in [1.29, 1.82) is 0 Å². The van der Waals surface area contributed by atoms with Crippen molar-refractivity contribution < 1.29 is 9.59 Å². The van der Waals surface area contributed by atoms with Crippen molar-refractivity contribution in [3.05, 3.63) is 78.9 Å². The first-order valence-corrected chi connectivity index (χ1v) is 10.2. The van der Waals surface area contributed by atoms with Crippen LogP contribution >= 0.6 is 0 Å². The molecular formula is C25H25N3O2. The summed E-state index contributed by atoms with van der Waals surface area (Å²) in [6.07, 6.45) is 1.48. The van der Waals surface area contributed by atoms with Gasteiger partial charge < -0.3 is 15.5 Å². The molecule has 1 atom stereocenters. The number of nitrogens with zero attached hydrogens (tertiary/aromatic N) is 1. The fourth-order valence-corrected chi connectivity index (χ4v) is 3.70. The zero-order chi connectivity index (χ0) is 20.9. The number of amides is 2. The van der Waals surface area contributed by atoms with E-state index in [9.17, 15) is 9.59 Å². The van der Waals surface area contributed by atoms with Crippen LogP contribution in [0, 0.1) is 0 Å². The lowest BCUT2D eigenvalue weighted by molar-refractivity contribution is -0.117. The van der Waals surface area contributed by atoms with E-state index in [2.05, 4.69) is 10.6 Å². The Balaban J connectivity index is 1.46. The Labute approximate surface area is 176 Å². The van der Waals surface area contributed by atoms with E-state index in [0.29, 0.717) is 6.42 Å². The Morgan fingerprint density at radius 2 is 1.73 bits per heavy atom. The number of anilines is 3. The minimum Gasteiger partial charge on any atom is -0.374 e. The third-order valence-electron chi connectivity index (χ3n) is 5.28. The largest absolute Gasteiger partial charge is 0.374 e. The van der Waals surface area contributed by atoms with Gasteiger partial charge in [0.1, 0.15) is 6.04 Å². The van der Waals surface area contributed by atoms with Crippen molar-refractivity contribution >= 4 is 28.9 Å². The fraction of sp³-hybridized carbons (Fsp3) is 0.200. The highest BCUT2D eigenvalue weighted by Gasteiger charge is 2.22. The number of benzene rings is 3. The van der Waals surface area contributed by atoms with Gasteiger partial charge in [-0.1, -0.05) is 54.6 Å². The molecule has 0 spiro atoms. The molecule has 152 valence electrons. The summed E-state index contributed by atoms with van der Waals surface area (Å²) in [6.45, 7) is 2.57. The van der Waals surface area contributed by atoms with Gasteiger partial charge in [-0.2, -0.15) is 0 Å². The van der Waals surface area contributed by atoms with E-state index < -0.39 is 6.04 Å². The molecule has 1 aliphatic heterocycles. The molecule has 2 N–H and O–H groups in total. The van der Waals surface area contributed by atoms with Crippen molar-refractivity contribution in [2.24, 2.45) is 0 Å². The van der Waals surface area contributed by atoms with E-state index in [4.69, 9.17) is 0 Å². The molecule has 0 bridgehead atoms. The molecule has 1 saturated heterocycles. The zero-order valence-electron chi connectivity index (χ0n) is 17.0. The first-order valence-electron chi connectivity index (χ1n) is 10.2. The molecule has 0 radical (unpaired) electrons. The quantitative estimate of drug-likeness (QED) is 0.618. The summed E-state index contributed by atoms with van der Waals surface area (Å²) in [5, 5.41) is 6.29. The lowest BCUT2D eigenvalue weighted by Gasteiger charge is -2.20. The first-order chi connectivity index (χ1) is 14.6. The zero-order valence-corrected chi connectivity index (χ0v) is 17.0. The number of rotatable bonds is 6. The van der Waals surface area contributed by atoms with Gasteiger partial charge in [0.15, 0.2) is 0 Å². The van der Waals surface area contributed by atoms with Gasteiger partial charge in [-0.05, 0) is 43.2 Å². The highest BCUT2D eigenvalue weighted by atomic mass is 16.2. The van der Waals surface area contributed by atoms with Gasteiger partial charge >= 0.3 is 0 Å². The van der Waals surface area contributed by atoms with Crippen molar-refractivity contribution in [3.63, 3.8) is 0 Å². The van der Waals surface area contributed by atoms with Crippen molar-refractivity contribution in [3.8, 4) is 11.1 Å². The normalized spacial score (nSPS) is 14.4. The predicted octanol–water partition coefficient (Wildman–Crippen LogP) is 4.92. The van der Waals surface area contributed by atoms with E-state index in [1.54, 1.807) is 4.90 Å². The Kier molecular flexibility index (Phi) is 5.80. The van der Waals surface area contributed by atoms with Crippen molar-refractivity contribution in [2.75, 3.05) is 22.1 Å². The SMILES string of the molecule is CC(Nc1cccc(N2CCCC2=O)c1)C(=O)Nc1ccccc1-c1ccccc1. The Hall–Kier alpha value is -3.60. The average molecular weight is 399 g/mol. The van der Waals surface area contributed by atoms with E-state index in [1.165, 1.54) is 0 Å². The van der Waals surface area contributed by atoms with E-state index in [0.717, 1.165) is 41.2 Å². The maximum atomic E-state index is 12.9. The van der Waals surface area contributed by atoms with E-state index in [-0.39, 0.29) is 11.8 Å². The molecule has 0 aromatic heterocycles. The number of hydrogen-bond acceptors (Lipinski definition) is 3. The molecule has 1 aliphatic rings. The number of para-hydroxylation sites is 1. The summed E-state index contributed by atoms with van der Waals surface area (Å²) in [6, 6.07) is 25.0.